The number of allylic oxidation sites excluding steroid dienone is 2. The largest absolute Gasteiger partial charge is 0.481 e. The lowest BCUT2D eigenvalue weighted by atomic mass is 9.76. The SMILES string of the molecule is CC1=C(C)C[C@H](C(=O)Nc2nc(-c3ccc(CC(C)C)cc3)c(C)s2)[C@@H](C(=O)O)C1. The first-order valence-corrected chi connectivity index (χ1v) is 11.2. The summed E-state index contributed by atoms with van der Waals surface area (Å²) in [5.41, 5.74) is 5.35. The lowest BCUT2D eigenvalue weighted by molar-refractivity contribution is -0.146. The average Bonchev–Trinajstić information content (AvgIpc) is 3.03. The number of nitrogens with zero attached hydrogens (tertiary/aromatic N) is 1. The highest BCUT2D eigenvalue weighted by atomic mass is 32.1. The molecule has 2 atom stereocenters. The summed E-state index contributed by atoms with van der Waals surface area (Å²) in [4.78, 5) is 30.3. The van der Waals surface area contributed by atoms with Crippen LogP contribution in [-0.4, -0.2) is 22.0 Å². The molecular weight excluding hydrogens is 396 g/mol. The van der Waals surface area contributed by atoms with E-state index in [9.17, 15) is 14.7 Å². The molecule has 1 aromatic carbocycles. The average molecular weight is 427 g/mol. The summed E-state index contributed by atoms with van der Waals surface area (Å²) in [6, 6.07) is 8.40. The predicted molar refractivity (Wildman–Crippen MR) is 122 cm³/mol. The van der Waals surface area contributed by atoms with Gasteiger partial charge in [0.05, 0.1) is 17.5 Å². The van der Waals surface area contributed by atoms with Gasteiger partial charge in [0, 0.05) is 10.4 Å². The number of thiazole rings is 1. The van der Waals surface area contributed by atoms with Crippen molar-refractivity contribution in [3.63, 3.8) is 0 Å². The minimum atomic E-state index is -0.917. The number of benzene rings is 1. The summed E-state index contributed by atoms with van der Waals surface area (Å²) < 4.78 is 0. The number of anilines is 1. The molecule has 3 rings (SSSR count). The van der Waals surface area contributed by atoms with Crippen LogP contribution < -0.4 is 5.32 Å². The molecule has 1 aliphatic rings. The first-order valence-electron chi connectivity index (χ1n) is 10.4. The maximum Gasteiger partial charge on any atom is 0.307 e. The van der Waals surface area contributed by atoms with Gasteiger partial charge in [-0.05, 0) is 51.5 Å². The quantitative estimate of drug-likeness (QED) is 0.581. The fourth-order valence-electron chi connectivity index (χ4n) is 4.01. The van der Waals surface area contributed by atoms with Crippen LogP contribution in [0.5, 0.6) is 0 Å². The van der Waals surface area contributed by atoms with E-state index >= 15 is 0 Å². The number of aryl methyl sites for hydroxylation is 1. The summed E-state index contributed by atoms with van der Waals surface area (Å²) >= 11 is 1.42. The van der Waals surface area contributed by atoms with Crippen LogP contribution in [0, 0.1) is 24.7 Å². The lowest BCUT2D eigenvalue weighted by Gasteiger charge is -2.29. The van der Waals surface area contributed by atoms with Gasteiger partial charge in [0.25, 0.3) is 0 Å². The Hall–Kier alpha value is -2.47. The number of nitrogens with one attached hydrogen (secondary N) is 1. The zero-order valence-corrected chi connectivity index (χ0v) is 19.1. The van der Waals surface area contributed by atoms with E-state index in [1.807, 2.05) is 20.8 Å². The van der Waals surface area contributed by atoms with E-state index in [2.05, 4.69) is 48.4 Å². The van der Waals surface area contributed by atoms with E-state index in [1.165, 1.54) is 16.9 Å². The maximum absolute atomic E-state index is 12.9. The van der Waals surface area contributed by atoms with Crippen LogP contribution in [0.25, 0.3) is 11.3 Å². The molecule has 0 bridgehead atoms. The molecule has 2 aromatic rings. The van der Waals surface area contributed by atoms with Crippen molar-refractivity contribution in [2.75, 3.05) is 5.32 Å². The van der Waals surface area contributed by atoms with Crippen LogP contribution in [-0.2, 0) is 16.0 Å². The summed E-state index contributed by atoms with van der Waals surface area (Å²) in [5, 5.41) is 13.0. The van der Waals surface area contributed by atoms with Crippen LogP contribution in [0.15, 0.2) is 35.4 Å². The van der Waals surface area contributed by atoms with E-state index in [1.54, 1.807) is 0 Å². The van der Waals surface area contributed by atoms with Gasteiger partial charge in [-0.15, -0.1) is 11.3 Å². The molecule has 0 unspecified atom stereocenters. The highest BCUT2D eigenvalue weighted by Crippen LogP contribution is 2.36. The molecule has 30 heavy (non-hydrogen) atoms. The van der Waals surface area contributed by atoms with Crippen LogP contribution in [0.2, 0.25) is 0 Å². The molecule has 0 spiro atoms. The zero-order chi connectivity index (χ0) is 22.0. The fraction of sp³-hybridized carbons (Fsp3) is 0.458. The minimum Gasteiger partial charge on any atom is -0.481 e. The topological polar surface area (TPSA) is 79.3 Å². The third-order valence-corrected chi connectivity index (χ3v) is 6.70. The van der Waals surface area contributed by atoms with Crippen LogP contribution in [0.3, 0.4) is 0 Å². The van der Waals surface area contributed by atoms with Gasteiger partial charge in [0.15, 0.2) is 5.13 Å². The molecule has 0 radical (unpaired) electrons. The Morgan fingerprint density at radius 2 is 1.70 bits per heavy atom. The van der Waals surface area contributed by atoms with Crippen molar-refractivity contribution < 1.29 is 14.7 Å². The molecule has 6 heteroatoms. The van der Waals surface area contributed by atoms with Crippen molar-refractivity contribution >= 4 is 28.3 Å². The molecule has 1 amide bonds. The van der Waals surface area contributed by atoms with Crippen molar-refractivity contribution in [3.05, 3.63) is 45.9 Å². The van der Waals surface area contributed by atoms with E-state index in [4.69, 9.17) is 0 Å². The Balaban J connectivity index is 1.77. The monoisotopic (exact) mass is 426 g/mol. The standard InChI is InChI=1S/C24H30N2O3S/c1-13(2)10-17-6-8-18(9-7-17)21-16(5)30-24(25-21)26-22(27)19-11-14(3)15(4)12-20(19)23(28)29/h6-9,13,19-20H,10-12H2,1-5H3,(H,28,29)(H,25,26,27)/t19-,20-/m0/s1. The number of aromatic nitrogens is 1. The number of hydrogen-bond acceptors (Lipinski definition) is 4. The van der Waals surface area contributed by atoms with E-state index < -0.39 is 17.8 Å². The van der Waals surface area contributed by atoms with Gasteiger partial charge in [-0.1, -0.05) is 49.3 Å². The van der Waals surface area contributed by atoms with Crippen molar-refractivity contribution in [2.24, 2.45) is 17.8 Å². The Morgan fingerprint density at radius 1 is 1.10 bits per heavy atom. The first kappa shape index (κ1) is 22.2. The molecule has 2 N–H and O–H groups in total. The van der Waals surface area contributed by atoms with Crippen LogP contribution in [0.1, 0.15) is 51.0 Å². The van der Waals surface area contributed by atoms with E-state index in [0.29, 0.717) is 23.9 Å². The second-order valence-electron chi connectivity index (χ2n) is 8.73. The molecule has 160 valence electrons. The van der Waals surface area contributed by atoms with Gasteiger partial charge in [-0.3, -0.25) is 9.59 Å². The van der Waals surface area contributed by atoms with Crippen molar-refractivity contribution in [3.8, 4) is 11.3 Å². The smallest absolute Gasteiger partial charge is 0.307 e. The van der Waals surface area contributed by atoms with Gasteiger partial charge in [0.1, 0.15) is 0 Å². The molecule has 1 aromatic heterocycles. The van der Waals surface area contributed by atoms with Gasteiger partial charge in [-0.2, -0.15) is 0 Å². The Kier molecular flexibility index (Phi) is 6.76. The number of amides is 1. The van der Waals surface area contributed by atoms with Crippen molar-refractivity contribution in [2.45, 2.75) is 53.9 Å². The molecule has 5 nitrogen and oxygen atoms in total. The second-order valence-corrected chi connectivity index (χ2v) is 9.93. The molecule has 1 heterocycles. The third-order valence-electron chi connectivity index (χ3n) is 5.82. The molecule has 0 saturated carbocycles. The molecule has 1 aliphatic carbocycles. The second kappa shape index (κ2) is 9.13. The number of carboxylic acid groups (broad SMARTS) is 1. The number of rotatable bonds is 6. The fourth-order valence-corrected chi connectivity index (χ4v) is 4.85. The van der Waals surface area contributed by atoms with Crippen molar-refractivity contribution in [1.82, 2.24) is 4.98 Å². The van der Waals surface area contributed by atoms with E-state index in [0.717, 1.165) is 33.7 Å². The van der Waals surface area contributed by atoms with Gasteiger partial charge in [-0.25, -0.2) is 4.98 Å². The van der Waals surface area contributed by atoms with E-state index in [-0.39, 0.29) is 5.91 Å². The number of carbonyl (C=O) groups is 2. The number of carboxylic acids is 1. The molecule has 0 saturated heterocycles. The minimum absolute atomic E-state index is 0.262. The summed E-state index contributed by atoms with van der Waals surface area (Å²) in [6.07, 6.45) is 1.93. The third kappa shape index (κ3) is 4.98. The van der Waals surface area contributed by atoms with Gasteiger partial charge < -0.3 is 10.4 Å². The molecule has 0 fully saturated rings. The maximum atomic E-state index is 12.9. The summed E-state index contributed by atoms with van der Waals surface area (Å²) in [6.45, 7) is 10.3. The normalized spacial score (nSPS) is 19.3. The predicted octanol–water partition coefficient (Wildman–Crippen LogP) is 5.70. The number of carbonyl (C=O) groups excluding carboxylic acids is 1. The number of aliphatic carboxylic acids is 1. The number of hydrogen-bond donors (Lipinski definition) is 2. The van der Waals surface area contributed by atoms with Gasteiger partial charge in [0.2, 0.25) is 5.91 Å². The van der Waals surface area contributed by atoms with Crippen molar-refractivity contribution in [1.29, 1.82) is 0 Å². The molecular formula is C24H30N2O3S. The van der Waals surface area contributed by atoms with Gasteiger partial charge >= 0.3 is 5.97 Å². The summed E-state index contributed by atoms with van der Waals surface area (Å²) in [7, 11) is 0. The first-order chi connectivity index (χ1) is 14.2. The van der Waals surface area contributed by atoms with Crippen LogP contribution in [0.4, 0.5) is 5.13 Å². The summed E-state index contributed by atoms with van der Waals surface area (Å²) in [5.74, 6) is -1.84. The lowest BCUT2D eigenvalue weighted by Crippen LogP contribution is -2.36. The Morgan fingerprint density at radius 3 is 2.27 bits per heavy atom. The molecule has 0 aliphatic heterocycles. The Labute approximate surface area is 182 Å². The highest BCUT2D eigenvalue weighted by Gasteiger charge is 2.37. The zero-order valence-electron chi connectivity index (χ0n) is 18.3. The Bertz CT molecular complexity index is 973. The van der Waals surface area contributed by atoms with Crippen LogP contribution >= 0.6 is 11.3 Å². The highest BCUT2D eigenvalue weighted by molar-refractivity contribution is 7.16.